The molecule has 0 spiro atoms. The number of hydrogen-bond acceptors (Lipinski definition) is 3. The standard InChI is InChI=1S/C15H17ClN2O/c1-15(2,3)11-6-4-5-7-13(11)19-14-12(17)8-10(16)9-18-14/h4-9H,17H2,1-3H3. The molecule has 0 unspecified atom stereocenters. The fraction of sp³-hybridized carbons (Fsp3) is 0.267. The van der Waals surface area contributed by atoms with Crippen LogP contribution >= 0.6 is 11.6 Å². The Morgan fingerprint density at radius 1 is 1.21 bits per heavy atom. The van der Waals surface area contributed by atoms with Gasteiger partial charge in [-0.15, -0.1) is 0 Å². The number of para-hydroxylation sites is 1. The minimum absolute atomic E-state index is 0.0161. The quantitative estimate of drug-likeness (QED) is 0.884. The number of hydrogen-bond donors (Lipinski definition) is 1. The van der Waals surface area contributed by atoms with E-state index < -0.39 is 0 Å². The molecule has 0 radical (unpaired) electrons. The second-order valence-corrected chi connectivity index (χ2v) is 5.83. The third kappa shape index (κ3) is 3.18. The average molecular weight is 277 g/mol. The summed E-state index contributed by atoms with van der Waals surface area (Å²) in [4.78, 5) is 4.12. The lowest BCUT2D eigenvalue weighted by atomic mass is 9.86. The Morgan fingerprint density at radius 2 is 1.89 bits per heavy atom. The third-order valence-electron chi connectivity index (χ3n) is 2.75. The first-order valence-electron chi connectivity index (χ1n) is 6.06. The van der Waals surface area contributed by atoms with Crippen LogP contribution in [-0.4, -0.2) is 4.98 Å². The SMILES string of the molecule is CC(C)(C)c1ccccc1Oc1ncc(Cl)cc1N. The monoisotopic (exact) mass is 276 g/mol. The molecule has 0 aliphatic heterocycles. The molecular weight excluding hydrogens is 260 g/mol. The topological polar surface area (TPSA) is 48.1 Å². The maximum absolute atomic E-state index is 5.86. The van der Waals surface area contributed by atoms with Gasteiger partial charge < -0.3 is 10.5 Å². The Kier molecular flexibility index (Phi) is 3.67. The molecule has 4 heteroatoms. The van der Waals surface area contributed by atoms with Crippen LogP contribution in [0.2, 0.25) is 5.02 Å². The molecule has 3 nitrogen and oxygen atoms in total. The largest absolute Gasteiger partial charge is 0.437 e. The van der Waals surface area contributed by atoms with Crippen LogP contribution in [0.15, 0.2) is 36.5 Å². The van der Waals surface area contributed by atoms with Crippen LogP contribution in [0.5, 0.6) is 11.6 Å². The van der Waals surface area contributed by atoms with Crippen LogP contribution in [0.1, 0.15) is 26.3 Å². The van der Waals surface area contributed by atoms with Gasteiger partial charge in [0.1, 0.15) is 5.75 Å². The van der Waals surface area contributed by atoms with E-state index in [1.165, 1.54) is 6.20 Å². The smallest absolute Gasteiger partial charge is 0.242 e. The highest BCUT2D eigenvalue weighted by atomic mass is 35.5. The predicted octanol–water partition coefficient (Wildman–Crippen LogP) is 4.41. The van der Waals surface area contributed by atoms with Gasteiger partial charge in [0.15, 0.2) is 0 Å². The summed E-state index contributed by atoms with van der Waals surface area (Å²) in [5, 5.41) is 0.494. The lowest BCUT2D eigenvalue weighted by Gasteiger charge is -2.22. The molecule has 2 rings (SSSR count). The predicted molar refractivity (Wildman–Crippen MR) is 78.9 cm³/mol. The minimum Gasteiger partial charge on any atom is -0.437 e. The van der Waals surface area contributed by atoms with Crippen molar-refractivity contribution < 1.29 is 4.74 Å². The van der Waals surface area contributed by atoms with Gasteiger partial charge in [0.05, 0.1) is 10.7 Å². The number of benzene rings is 1. The summed E-state index contributed by atoms with van der Waals surface area (Å²) in [6.45, 7) is 6.40. The molecule has 1 aromatic heterocycles. The summed E-state index contributed by atoms with van der Waals surface area (Å²) in [6, 6.07) is 9.50. The van der Waals surface area contributed by atoms with Crippen molar-refractivity contribution in [1.29, 1.82) is 0 Å². The Bertz CT molecular complexity index is 591. The number of anilines is 1. The van der Waals surface area contributed by atoms with Crippen molar-refractivity contribution in [2.45, 2.75) is 26.2 Å². The van der Waals surface area contributed by atoms with Gasteiger partial charge in [0, 0.05) is 11.8 Å². The maximum atomic E-state index is 5.86. The van der Waals surface area contributed by atoms with E-state index in [-0.39, 0.29) is 5.41 Å². The van der Waals surface area contributed by atoms with E-state index in [1.54, 1.807) is 6.07 Å². The van der Waals surface area contributed by atoms with Crippen molar-refractivity contribution in [1.82, 2.24) is 4.98 Å². The van der Waals surface area contributed by atoms with Gasteiger partial charge in [-0.1, -0.05) is 50.6 Å². The summed E-state index contributed by atoms with van der Waals surface area (Å²) in [6.07, 6.45) is 1.52. The van der Waals surface area contributed by atoms with Crippen molar-refractivity contribution >= 4 is 17.3 Å². The van der Waals surface area contributed by atoms with Crippen LogP contribution in [0.4, 0.5) is 5.69 Å². The molecule has 0 aliphatic carbocycles. The van der Waals surface area contributed by atoms with Crippen LogP contribution < -0.4 is 10.5 Å². The van der Waals surface area contributed by atoms with Crippen molar-refractivity contribution in [2.24, 2.45) is 0 Å². The van der Waals surface area contributed by atoms with Crippen LogP contribution in [0, 0.1) is 0 Å². The molecule has 0 amide bonds. The van der Waals surface area contributed by atoms with E-state index in [0.29, 0.717) is 16.6 Å². The van der Waals surface area contributed by atoms with E-state index >= 15 is 0 Å². The fourth-order valence-corrected chi connectivity index (χ4v) is 1.97. The van der Waals surface area contributed by atoms with Crippen molar-refractivity contribution in [2.75, 3.05) is 5.73 Å². The fourth-order valence-electron chi connectivity index (χ4n) is 1.81. The van der Waals surface area contributed by atoms with Crippen molar-refractivity contribution in [3.05, 3.63) is 47.1 Å². The zero-order valence-corrected chi connectivity index (χ0v) is 12.0. The van der Waals surface area contributed by atoms with Crippen molar-refractivity contribution in [3.8, 4) is 11.6 Å². The number of pyridine rings is 1. The van der Waals surface area contributed by atoms with Gasteiger partial charge >= 0.3 is 0 Å². The molecule has 0 aliphatic rings. The molecule has 1 heterocycles. The van der Waals surface area contributed by atoms with Gasteiger partial charge in [0.2, 0.25) is 5.88 Å². The van der Waals surface area contributed by atoms with E-state index in [4.69, 9.17) is 22.1 Å². The molecule has 0 bridgehead atoms. The van der Waals surface area contributed by atoms with Gasteiger partial charge in [-0.05, 0) is 17.5 Å². The van der Waals surface area contributed by atoms with Gasteiger partial charge in [-0.2, -0.15) is 0 Å². The first-order valence-corrected chi connectivity index (χ1v) is 6.44. The molecule has 0 saturated heterocycles. The van der Waals surface area contributed by atoms with E-state index in [1.807, 2.05) is 24.3 Å². The maximum Gasteiger partial charge on any atom is 0.242 e. The number of nitrogen functional groups attached to an aromatic ring is 1. The van der Waals surface area contributed by atoms with E-state index in [9.17, 15) is 0 Å². The summed E-state index contributed by atoms with van der Waals surface area (Å²) in [5.41, 5.74) is 7.37. The molecule has 19 heavy (non-hydrogen) atoms. The van der Waals surface area contributed by atoms with Gasteiger partial charge in [-0.3, -0.25) is 0 Å². The number of nitrogens with two attached hydrogens (primary N) is 1. The second kappa shape index (κ2) is 5.10. The van der Waals surface area contributed by atoms with Crippen LogP contribution in [0.25, 0.3) is 0 Å². The second-order valence-electron chi connectivity index (χ2n) is 5.40. The molecule has 1 aromatic carbocycles. The van der Waals surface area contributed by atoms with Crippen LogP contribution in [0.3, 0.4) is 0 Å². The van der Waals surface area contributed by atoms with E-state index in [0.717, 1.165) is 11.3 Å². The minimum atomic E-state index is -0.0161. The third-order valence-corrected chi connectivity index (χ3v) is 2.95. The number of aromatic nitrogens is 1. The Balaban J connectivity index is 2.39. The Morgan fingerprint density at radius 3 is 2.53 bits per heavy atom. The summed E-state index contributed by atoms with van der Waals surface area (Å²) >= 11 is 5.83. The normalized spacial score (nSPS) is 11.4. The summed E-state index contributed by atoms with van der Waals surface area (Å²) < 4.78 is 5.83. The molecular formula is C15H17ClN2O. The zero-order chi connectivity index (χ0) is 14.0. The number of halogens is 1. The van der Waals surface area contributed by atoms with E-state index in [2.05, 4.69) is 25.8 Å². The molecule has 2 N–H and O–H groups in total. The highest BCUT2D eigenvalue weighted by molar-refractivity contribution is 6.30. The number of nitrogens with zero attached hydrogens (tertiary/aromatic N) is 1. The number of ether oxygens (including phenoxy) is 1. The van der Waals surface area contributed by atoms with Crippen LogP contribution in [-0.2, 0) is 5.41 Å². The molecule has 0 saturated carbocycles. The lowest BCUT2D eigenvalue weighted by Crippen LogP contribution is -2.12. The molecule has 0 atom stereocenters. The van der Waals surface area contributed by atoms with Crippen molar-refractivity contribution in [3.63, 3.8) is 0 Å². The molecule has 2 aromatic rings. The average Bonchev–Trinajstić information content (AvgIpc) is 2.32. The Labute approximate surface area is 118 Å². The highest BCUT2D eigenvalue weighted by Crippen LogP contribution is 2.35. The van der Waals surface area contributed by atoms with Gasteiger partial charge in [0.25, 0.3) is 0 Å². The first-order chi connectivity index (χ1) is 8.88. The molecule has 0 fully saturated rings. The lowest BCUT2D eigenvalue weighted by molar-refractivity contribution is 0.442. The number of rotatable bonds is 2. The first kappa shape index (κ1) is 13.7. The summed E-state index contributed by atoms with van der Waals surface area (Å²) in [5.74, 6) is 1.14. The highest BCUT2D eigenvalue weighted by Gasteiger charge is 2.19. The Hall–Kier alpha value is -1.74. The summed E-state index contributed by atoms with van der Waals surface area (Å²) in [7, 11) is 0. The zero-order valence-electron chi connectivity index (χ0n) is 11.3. The van der Waals surface area contributed by atoms with Gasteiger partial charge in [-0.25, -0.2) is 4.98 Å². The molecule has 100 valence electrons.